The molecule has 0 saturated heterocycles. The molecule has 1 amide bonds. The smallest absolute Gasteiger partial charge is 0.422 e. The Bertz CT molecular complexity index is 1320. The fourth-order valence-electron chi connectivity index (χ4n) is 5.11. The summed E-state index contributed by atoms with van der Waals surface area (Å²) in [4.78, 5) is 28.2. The third kappa shape index (κ3) is 6.29. The number of carbonyl (C=O) groups excluding carboxylic acids is 2. The quantitative estimate of drug-likeness (QED) is 0.365. The van der Waals surface area contributed by atoms with Crippen molar-refractivity contribution < 1.29 is 36.7 Å². The average Bonchev–Trinajstić information content (AvgIpc) is 3.41. The summed E-state index contributed by atoms with van der Waals surface area (Å²) in [6.07, 6.45) is 1.73. The fourth-order valence-corrected chi connectivity index (χ4v) is 5.11. The summed E-state index contributed by atoms with van der Waals surface area (Å²) < 4.78 is 51.5. The van der Waals surface area contributed by atoms with Crippen LogP contribution >= 0.6 is 0 Å². The molecule has 39 heavy (non-hydrogen) atoms. The molecule has 5 rings (SSSR count). The van der Waals surface area contributed by atoms with Gasteiger partial charge in [0.05, 0.1) is 24.9 Å². The maximum atomic E-state index is 12.6. The van der Waals surface area contributed by atoms with Crippen LogP contribution in [-0.4, -0.2) is 47.0 Å². The Kier molecular flexibility index (Phi) is 7.15. The highest BCUT2D eigenvalue weighted by Gasteiger charge is 2.59. The van der Waals surface area contributed by atoms with Crippen LogP contribution in [0, 0.1) is 11.3 Å². The Balaban J connectivity index is 1.11. The minimum atomic E-state index is -4.46. The van der Waals surface area contributed by atoms with Crippen LogP contribution in [0.4, 0.5) is 30.6 Å². The van der Waals surface area contributed by atoms with E-state index < -0.39 is 18.7 Å². The lowest BCUT2D eigenvalue weighted by atomic mass is 9.76. The number of aromatic nitrogens is 3. The molecule has 2 fully saturated rings. The van der Waals surface area contributed by atoms with Crippen LogP contribution in [0.5, 0.6) is 5.88 Å². The van der Waals surface area contributed by atoms with E-state index in [9.17, 15) is 22.8 Å². The second kappa shape index (κ2) is 10.5. The maximum absolute atomic E-state index is 12.6. The van der Waals surface area contributed by atoms with Crippen LogP contribution in [-0.2, 0) is 9.53 Å². The van der Waals surface area contributed by atoms with Gasteiger partial charge < -0.3 is 24.5 Å². The Morgan fingerprint density at radius 3 is 2.44 bits per heavy atom. The number of hydrogen-bond acceptors (Lipinski definition) is 9. The molecular formula is C26H26F3N5O5. The van der Waals surface area contributed by atoms with Gasteiger partial charge in [-0.25, -0.2) is 4.98 Å². The monoisotopic (exact) mass is 545 g/mol. The van der Waals surface area contributed by atoms with Crippen LogP contribution < -0.4 is 15.4 Å². The van der Waals surface area contributed by atoms with Crippen LogP contribution in [0.3, 0.4) is 0 Å². The molecule has 2 aromatic heterocycles. The Hall–Kier alpha value is -4.16. The number of methoxy groups -OCH3 is 1. The first-order valence-electron chi connectivity index (χ1n) is 12.4. The lowest BCUT2D eigenvalue weighted by Gasteiger charge is -2.29. The Morgan fingerprint density at radius 1 is 1.08 bits per heavy atom. The number of rotatable bonds is 8. The second-order valence-corrected chi connectivity index (χ2v) is 9.82. The number of amides is 1. The zero-order valence-electron chi connectivity index (χ0n) is 21.0. The van der Waals surface area contributed by atoms with Gasteiger partial charge in [0.2, 0.25) is 5.88 Å². The molecule has 1 atom stereocenters. The molecule has 1 aromatic carbocycles. The lowest BCUT2D eigenvalue weighted by Crippen LogP contribution is -2.19. The standard InChI is InChI=1S/C26H26F3N5O5/c1-37-23(36)19-12-25(19)10-8-16(9-11-25)15-2-4-17(5-3-15)31-21(35)22-33-34-24(39-22)32-18-6-7-20(30-13-18)38-14-26(27,28)29/h2-7,13,16,19H,8-12,14H2,1H3,(H,31,35)(H,32,34). The van der Waals surface area contributed by atoms with Crippen LogP contribution in [0.25, 0.3) is 0 Å². The van der Waals surface area contributed by atoms with Gasteiger partial charge in [0.1, 0.15) is 0 Å². The molecule has 1 spiro atoms. The average molecular weight is 546 g/mol. The lowest BCUT2D eigenvalue weighted by molar-refractivity contribution is -0.154. The summed E-state index contributed by atoms with van der Waals surface area (Å²) in [5, 5.41) is 12.9. The highest BCUT2D eigenvalue weighted by atomic mass is 19.4. The van der Waals surface area contributed by atoms with Crippen molar-refractivity contribution in [1.29, 1.82) is 0 Å². The van der Waals surface area contributed by atoms with Gasteiger partial charge in [0.25, 0.3) is 0 Å². The van der Waals surface area contributed by atoms with Crippen molar-refractivity contribution in [2.75, 3.05) is 24.4 Å². The van der Waals surface area contributed by atoms with E-state index in [0.717, 1.165) is 32.1 Å². The van der Waals surface area contributed by atoms with E-state index in [1.165, 1.54) is 31.0 Å². The van der Waals surface area contributed by atoms with Crippen molar-refractivity contribution in [2.24, 2.45) is 11.3 Å². The molecule has 206 valence electrons. The highest BCUT2D eigenvalue weighted by molar-refractivity contribution is 6.00. The van der Waals surface area contributed by atoms with Gasteiger partial charge in [-0.2, -0.15) is 13.2 Å². The molecule has 13 heteroatoms. The van der Waals surface area contributed by atoms with E-state index in [4.69, 9.17) is 9.15 Å². The zero-order chi connectivity index (χ0) is 27.6. The minimum absolute atomic E-state index is 0.0462. The van der Waals surface area contributed by atoms with E-state index in [1.807, 2.05) is 24.3 Å². The van der Waals surface area contributed by atoms with Crippen molar-refractivity contribution in [2.45, 2.75) is 44.2 Å². The minimum Gasteiger partial charge on any atom is -0.469 e. The second-order valence-electron chi connectivity index (χ2n) is 9.82. The first kappa shape index (κ1) is 26.4. The predicted octanol–water partition coefficient (Wildman–Crippen LogP) is 5.24. The fraction of sp³-hybridized carbons (Fsp3) is 0.423. The third-order valence-corrected chi connectivity index (χ3v) is 7.29. The molecule has 10 nitrogen and oxygen atoms in total. The first-order valence-corrected chi connectivity index (χ1v) is 12.4. The molecular weight excluding hydrogens is 519 g/mol. The number of halogens is 3. The third-order valence-electron chi connectivity index (χ3n) is 7.29. The number of hydrogen-bond donors (Lipinski definition) is 2. The van der Waals surface area contributed by atoms with Crippen LogP contribution in [0.1, 0.15) is 54.3 Å². The van der Waals surface area contributed by atoms with E-state index in [1.54, 1.807) is 0 Å². The van der Waals surface area contributed by atoms with E-state index in [2.05, 4.69) is 30.6 Å². The molecule has 2 heterocycles. The Morgan fingerprint density at radius 2 is 1.79 bits per heavy atom. The molecule has 0 aliphatic heterocycles. The number of anilines is 3. The summed E-state index contributed by atoms with van der Waals surface area (Å²) in [5.41, 5.74) is 2.22. The molecule has 2 N–H and O–H groups in total. The van der Waals surface area contributed by atoms with Crippen molar-refractivity contribution in [3.05, 3.63) is 54.0 Å². The summed E-state index contributed by atoms with van der Waals surface area (Å²) in [6, 6.07) is 10.2. The summed E-state index contributed by atoms with van der Waals surface area (Å²) in [6.45, 7) is -1.45. The SMILES string of the molecule is COC(=O)C1CC12CCC(c1ccc(NC(=O)c3nnc(Nc4ccc(OCC(F)(F)F)nc4)o3)cc1)CC2. The molecule has 2 aliphatic carbocycles. The molecule has 0 radical (unpaired) electrons. The predicted molar refractivity (Wildman–Crippen MR) is 132 cm³/mol. The number of nitrogens with one attached hydrogen (secondary N) is 2. The van der Waals surface area contributed by atoms with Crippen molar-refractivity contribution in [3.8, 4) is 5.88 Å². The number of ether oxygens (including phenoxy) is 2. The number of benzene rings is 1. The molecule has 3 aromatic rings. The molecule has 2 saturated carbocycles. The molecule has 1 unspecified atom stereocenters. The van der Waals surface area contributed by atoms with Gasteiger partial charge in [0.15, 0.2) is 6.61 Å². The first-order chi connectivity index (χ1) is 18.6. The number of carbonyl (C=O) groups is 2. The van der Waals surface area contributed by atoms with Crippen LogP contribution in [0.15, 0.2) is 47.0 Å². The van der Waals surface area contributed by atoms with E-state index >= 15 is 0 Å². The van der Waals surface area contributed by atoms with Gasteiger partial charge in [-0.3, -0.25) is 9.59 Å². The number of pyridine rings is 1. The largest absolute Gasteiger partial charge is 0.469 e. The van der Waals surface area contributed by atoms with Crippen molar-refractivity contribution in [3.63, 3.8) is 0 Å². The maximum Gasteiger partial charge on any atom is 0.422 e. The Labute approximate surface area is 221 Å². The van der Waals surface area contributed by atoms with E-state index in [0.29, 0.717) is 17.3 Å². The van der Waals surface area contributed by atoms with Gasteiger partial charge in [-0.1, -0.05) is 17.2 Å². The summed E-state index contributed by atoms with van der Waals surface area (Å²) in [5.74, 6) is -0.714. The number of esters is 1. The normalized spacial score (nSPS) is 22.3. The molecule has 2 aliphatic rings. The summed E-state index contributed by atoms with van der Waals surface area (Å²) in [7, 11) is 1.44. The van der Waals surface area contributed by atoms with E-state index in [-0.39, 0.29) is 35.1 Å². The number of nitrogens with zero attached hydrogens (tertiary/aromatic N) is 3. The summed E-state index contributed by atoms with van der Waals surface area (Å²) >= 11 is 0. The van der Waals surface area contributed by atoms with Crippen LogP contribution in [0.2, 0.25) is 0 Å². The zero-order valence-corrected chi connectivity index (χ0v) is 21.0. The van der Waals surface area contributed by atoms with Gasteiger partial charge >= 0.3 is 30.0 Å². The number of alkyl halides is 3. The van der Waals surface area contributed by atoms with Gasteiger partial charge in [-0.05, 0) is 67.2 Å². The van der Waals surface area contributed by atoms with Crippen molar-refractivity contribution >= 4 is 29.3 Å². The van der Waals surface area contributed by atoms with Crippen molar-refractivity contribution in [1.82, 2.24) is 15.2 Å². The molecule has 0 bridgehead atoms. The van der Waals surface area contributed by atoms with Gasteiger partial charge in [0, 0.05) is 11.8 Å². The van der Waals surface area contributed by atoms with Gasteiger partial charge in [-0.15, -0.1) is 5.10 Å². The topological polar surface area (TPSA) is 128 Å². The highest BCUT2D eigenvalue weighted by Crippen LogP contribution is 2.63.